The molecule has 0 unspecified atom stereocenters. The average Bonchev–Trinajstić information content (AvgIpc) is 2.15. The summed E-state index contributed by atoms with van der Waals surface area (Å²) in [6, 6.07) is 2.04. The first-order chi connectivity index (χ1) is 7.26. The molecule has 0 aromatic heterocycles. The summed E-state index contributed by atoms with van der Waals surface area (Å²) in [5.74, 6) is 0. The molecule has 0 aliphatic rings. The van der Waals surface area contributed by atoms with Gasteiger partial charge in [0.1, 0.15) is 0 Å². The van der Waals surface area contributed by atoms with E-state index in [1.54, 1.807) is 0 Å². The molecule has 0 aromatic carbocycles. The van der Waals surface area contributed by atoms with Crippen molar-refractivity contribution in [2.24, 2.45) is 10.6 Å². The Labute approximate surface area is 95.8 Å². The lowest BCUT2D eigenvalue weighted by Crippen LogP contribution is -2.18. The van der Waals surface area contributed by atoms with E-state index in [1.807, 2.05) is 19.9 Å². The fourth-order valence-electron chi connectivity index (χ4n) is 0.599. The Kier molecular flexibility index (Phi) is 8.88. The minimum Gasteiger partial charge on any atom is -0.465 e. The van der Waals surface area contributed by atoms with Crippen LogP contribution in [0.15, 0.2) is 5.16 Å². The third kappa shape index (κ3) is 12.2. The molecule has 92 valence electrons. The van der Waals surface area contributed by atoms with E-state index in [4.69, 9.17) is 15.6 Å². The van der Waals surface area contributed by atoms with Gasteiger partial charge in [0.25, 0.3) is 0 Å². The van der Waals surface area contributed by atoms with Crippen molar-refractivity contribution in [2.75, 3.05) is 14.1 Å². The highest BCUT2D eigenvalue weighted by molar-refractivity contribution is 5.64. The zero-order chi connectivity index (χ0) is 13.2. The van der Waals surface area contributed by atoms with Crippen LogP contribution < -0.4 is 0 Å². The predicted octanol–water partition coefficient (Wildman–Crippen LogP) is 2.00. The van der Waals surface area contributed by atoms with Crippen LogP contribution in [0.5, 0.6) is 0 Å². The Balaban J connectivity index is 0. The van der Waals surface area contributed by atoms with E-state index < -0.39 is 6.09 Å². The largest absolute Gasteiger partial charge is 0.465 e. The number of hydrogen-bond acceptors (Lipinski definition) is 4. The van der Waals surface area contributed by atoms with Crippen molar-refractivity contribution in [3.63, 3.8) is 0 Å². The Morgan fingerprint density at radius 1 is 1.56 bits per heavy atom. The van der Waals surface area contributed by atoms with Crippen LogP contribution >= 0.6 is 0 Å². The van der Waals surface area contributed by atoms with Gasteiger partial charge in [-0.25, -0.2) is 4.79 Å². The number of carboxylic acid groups (broad SMARTS) is 1. The smallest absolute Gasteiger partial charge is 0.406 e. The summed E-state index contributed by atoms with van der Waals surface area (Å²) in [4.78, 5) is 10.7. The first-order valence-electron chi connectivity index (χ1n) is 4.72. The average molecular weight is 229 g/mol. The highest BCUT2D eigenvalue weighted by Crippen LogP contribution is 2.18. The van der Waals surface area contributed by atoms with Gasteiger partial charge >= 0.3 is 6.09 Å². The molecule has 0 radical (unpaired) electrons. The minimum atomic E-state index is -0.907. The fraction of sp³-hybridized carbons (Fsp3) is 0.700. The zero-order valence-electron chi connectivity index (χ0n) is 10.1. The van der Waals surface area contributed by atoms with Crippen LogP contribution in [0, 0.1) is 16.7 Å². The molecule has 0 fully saturated rings. The first kappa shape index (κ1) is 16.7. The van der Waals surface area contributed by atoms with Crippen LogP contribution in [0.4, 0.5) is 4.79 Å². The Morgan fingerprint density at radius 2 is 2.00 bits per heavy atom. The number of amides is 1. The summed E-state index contributed by atoms with van der Waals surface area (Å²) in [7, 11) is 2.95. The number of carbonyl (C=O) groups is 1. The van der Waals surface area contributed by atoms with Gasteiger partial charge in [0.2, 0.25) is 0 Å². The molecular formula is C10H19N3O3. The number of rotatable bonds is 3. The van der Waals surface area contributed by atoms with Crippen molar-refractivity contribution in [3.8, 4) is 6.07 Å². The molecule has 0 saturated carbocycles. The van der Waals surface area contributed by atoms with Gasteiger partial charge in [0.05, 0.1) is 6.07 Å². The van der Waals surface area contributed by atoms with Crippen LogP contribution in [0.25, 0.3) is 0 Å². The van der Waals surface area contributed by atoms with Gasteiger partial charge in [-0.05, 0) is 6.42 Å². The normalized spacial score (nSPS) is 10.2. The molecule has 6 nitrogen and oxygen atoms in total. The number of hydrogen-bond donors (Lipinski definition) is 2. The van der Waals surface area contributed by atoms with E-state index in [1.165, 1.54) is 20.3 Å². The van der Waals surface area contributed by atoms with Crippen molar-refractivity contribution in [2.45, 2.75) is 26.7 Å². The second kappa shape index (κ2) is 8.53. The van der Waals surface area contributed by atoms with Crippen LogP contribution in [0.3, 0.4) is 0 Å². The molecule has 0 aliphatic carbocycles. The molecule has 0 rings (SSSR count). The van der Waals surface area contributed by atoms with Crippen molar-refractivity contribution in [1.29, 1.82) is 5.26 Å². The van der Waals surface area contributed by atoms with Crippen molar-refractivity contribution in [1.82, 2.24) is 4.90 Å². The van der Waals surface area contributed by atoms with Crippen molar-refractivity contribution in [3.05, 3.63) is 0 Å². The predicted molar refractivity (Wildman–Crippen MR) is 60.6 cm³/mol. The quantitative estimate of drug-likeness (QED) is 0.439. The summed E-state index contributed by atoms with van der Waals surface area (Å²) in [5.41, 5.74) is -0.162. The van der Waals surface area contributed by atoms with Crippen LogP contribution in [-0.4, -0.2) is 41.6 Å². The van der Waals surface area contributed by atoms with Gasteiger partial charge in [-0.1, -0.05) is 13.8 Å². The van der Waals surface area contributed by atoms with E-state index in [0.29, 0.717) is 6.42 Å². The Bertz CT molecular complexity index is 267. The second-order valence-electron chi connectivity index (χ2n) is 4.07. The minimum absolute atomic E-state index is 0.162. The van der Waals surface area contributed by atoms with Gasteiger partial charge in [-0.2, -0.15) is 5.26 Å². The second-order valence-corrected chi connectivity index (χ2v) is 4.07. The summed E-state index contributed by atoms with van der Waals surface area (Å²) < 4.78 is 0. The van der Waals surface area contributed by atoms with Gasteiger partial charge in [-0.15, -0.1) is 5.16 Å². The monoisotopic (exact) mass is 229 g/mol. The summed E-state index contributed by atoms with van der Waals surface area (Å²) >= 11 is 0. The Morgan fingerprint density at radius 3 is 2.25 bits per heavy atom. The maximum absolute atomic E-state index is 9.62. The zero-order valence-corrected chi connectivity index (χ0v) is 10.1. The summed E-state index contributed by atoms with van der Waals surface area (Å²) in [5, 5.41) is 27.3. The third-order valence-corrected chi connectivity index (χ3v) is 1.67. The number of nitriles is 1. The molecule has 0 heterocycles. The standard InChI is InChI=1S/C7H12N2O.C3H7NO2/c1-7(2,6-9-10)4-3-5-8;1-4(2)3(5)6/h6,10H,3-4H2,1-2H3;1-2H3,(H,5,6). The van der Waals surface area contributed by atoms with Crippen LogP contribution in [0.1, 0.15) is 26.7 Å². The molecule has 0 aromatic rings. The fourth-order valence-corrected chi connectivity index (χ4v) is 0.599. The van der Waals surface area contributed by atoms with E-state index in [2.05, 4.69) is 5.16 Å². The van der Waals surface area contributed by atoms with Crippen molar-refractivity contribution < 1.29 is 15.1 Å². The number of oxime groups is 1. The van der Waals surface area contributed by atoms with Gasteiger partial charge in [-0.3, -0.25) is 0 Å². The molecule has 16 heavy (non-hydrogen) atoms. The van der Waals surface area contributed by atoms with Crippen LogP contribution in [0.2, 0.25) is 0 Å². The highest BCUT2D eigenvalue weighted by atomic mass is 16.4. The van der Waals surface area contributed by atoms with E-state index >= 15 is 0 Å². The lowest BCUT2D eigenvalue weighted by molar-refractivity contribution is 0.165. The summed E-state index contributed by atoms with van der Waals surface area (Å²) in [6.07, 6.45) is 1.77. The molecule has 0 saturated heterocycles. The molecule has 2 N–H and O–H groups in total. The van der Waals surface area contributed by atoms with E-state index in [-0.39, 0.29) is 5.41 Å². The maximum Gasteiger partial charge on any atom is 0.406 e. The number of nitrogens with zero attached hydrogens (tertiary/aromatic N) is 3. The SMILES string of the molecule is CC(C)(C=NO)CCC#N.CN(C)C(=O)O. The molecular weight excluding hydrogens is 210 g/mol. The maximum atomic E-state index is 9.62. The van der Waals surface area contributed by atoms with E-state index in [0.717, 1.165) is 11.3 Å². The highest BCUT2D eigenvalue weighted by Gasteiger charge is 2.13. The lowest BCUT2D eigenvalue weighted by atomic mass is 9.90. The van der Waals surface area contributed by atoms with Gasteiger partial charge < -0.3 is 15.2 Å². The molecule has 0 bridgehead atoms. The third-order valence-electron chi connectivity index (χ3n) is 1.67. The molecule has 6 heteroatoms. The molecule has 1 amide bonds. The lowest BCUT2D eigenvalue weighted by Gasteiger charge is -2.15. The van der Waals surface area contributed by atoms with E-state index in [9.17, 15) is 4.79 Å². The van der Waals surface area contributed by atoms with Crippen LogP contribution in [-0.2, 0) is 0 Å². The van der Waals surface area contributed by atoms with Gasteiger partial charge in [0.15, 0.2) is 0 Å². The van der Waals surface area contributed by atoms with Crippen molar-refractivity contribution >= 4 is 12.3 Å². The topological polar surface area (TPSA) is 96.9 Å². The van der Waals surface area contributed by atoms with Gasteiger partial charge in [0, 0.05) is 32.1 Å². The summed E-state index contributed by atoms with van der Waals surface area (Å²) in [6.45, 7) is 3.84. The Hall–Kier alpha value is -1.77. The molecule has 0 aliphatic heterocycles. The first-order valence-corrected chi connectivity index (χ1v) is 4.72. The molecule has 0 spiro atoms. The molecule has 0 atom stereocenters.